The number of nitrogens with zero attached hydrogens (tertiary/aromatic N) is 2. The number of unbranched alkanes of at least 4 members (excludes halogenated alkanes) is 20. The molecule has 1 spiro atoms. The Labute approximate surface area is 414 Å². The van der Waals surface area contributed by atoms with Crippen LogP contribution < -0.4 is 14.2 Å². The largest absolute Gasteiger partial charge is 0.494 e. The van der Waals surface area contributed by atoms with Crippen molar-refractivity contribution in [3.05, 3.63) is 113 Å². The van der Waals surface area contributed by atoms with Crippen molar-refractivity contribution in [3.63, 3.8) is 0 Å². The zero-order chi connectivity index (χ0) is 47.8. The average molecular weight is 925 g/mol. The maximum Gasteiger partial charge on any atom is 0.417 e. The van der Waals surface area contributed by atoms with Crippen molar-refractivity contribution in [3.8, 4) is 17.2 Å². The Hall–Kier alpha value is -4.38. The second kappa shape index (κ2) is 29.0. The van der Waals surface area contributed by atoms with Crippen molar-refractivity contribution in [2.75, 3.05) is 6.61 Å². The molecule has 0 aromatic heterocycles. The van der Waals surface area contributed by atoms with Gasteiger partial charge in [-0.1, -0.05) is 168 Å². The molecule has 3 atom stereocenters. The highest BCUT2D eigenvalue weighted by Crippen LogP contribution is 2.51. The van der Waals surface area contributed by atoms with E-state index in [2.05, 4.69) is 148 Å². The molecule has 0 N–H and O–H groups in total. The number of hydrogen-bond acceptors (Lipinski definition) is 3. The molecule has 3 unspecified atom stereocenters. The third-order valence-electron chi connectivity index (χ3n) is 14.6. The summed E-state index contributed by atoms with van der Waals surface area (Å²) < 4.78 is 25.0. The van der Waals surface area contributed by atoms with Gasteiger partial charge in [0.25, 0.3) is 0 Å². The van der Waals surface area contributed by atoms with Crippen molar-refractivity contribution < 1.29 is 23.4 Å². The number of fused-ring (bicyclic) bond motifs is 4. The maximum atomic E-state index is 6.82. The molecular weight excluding hydrogens is 833 g/mol. The van der Waals surface area contributed by atoms with Crippen LogP contribution in [0.25, 0.3) is 0 Å². The molecule has 5 nitrogen and oxygen atoms in total. The number of aryl methyl sites for hydroxylation is 1. The van der Waals surface area contributed by atoms with Gasteiger partial charge in [-0.2, -0.15) is 0 Å². The number of hydrogen-bond donors (Lipinski definition) is 0. The van der Waals surface area contributed by atoms with E-state index in [-0.39, 0.29) is 12.2 Å². The van der Waals surface area contributed by atoms with Gasteiger partial charge in [0.2, 0.25) is 11.4 Å². The molecule has 0 bridgehead atoms. The fourth-order valence-electron chi connectivity index (χ4n) is 10.5. The van der Waals surface area contributed by atoms with Crippen LogP contribution in [0.3, 0.4) is 0 Å². The van der Waals surface area contributed by atoms with Gasteiger partial charge >= 0.3 is 5.66 Å². The summed E-state index contributed by atoms with van der Waals surface area (Å²) in [7, 11) is 0. The lowest BCUT2D eigenvalue weighted by atomic mass is 9.88. The second-order valence-corrected chi connectivity index (χ2v) is 20.4. The standard InChI is InChI=1S/C63H92N2O3/c1-7-11-15-19-21-23-25-29-33-53-34-38-56(39-35-53)64-49-54-36-42-59(67-51(5)31-27-17-13-9-3)47-61(54)63(64)62-48-60(68-52(6)32-28-18-14-10-4)43-37-55(62)50-65(63)57-40-44-58(45-41-57)66-46-30-26-24-22-20-16-12-8-2/h34-45,47-52H,7-33,46H2,1-6H3/q+2. The number of ether oxygens (including phenoxy) is 3. The van der Waals surface area contributed by atoms with E-state index in [9.17, 15) is 0 Å². The highest BCUT2D eigenvalue weighted by molar-refractivity contribution is 5.88. The predicted molar refractivity (Wildman–Crippen MR) is 289 cm³/mol. The summed E-state index contributed by atoms with van der Waals surface area (Å²) in [6.45, 7) is 14.4. The van der Waals surface area contributed by atoms with Gasteiger partial charge in [-0.25, -0.2) is 0 Å². The minimum Gasteiger partial charge on any atom is -0.494 e. The van der Waals surface area contributed by atoms with Crippen molar-refractivity contribution in [1.29, 1.82) is 0 Å². The Morgan fingerprint density at radius 3 is 1.25 bits per heavy atom. The Bertz CT molecular complexity index is 2090. The van der Waals surface area contributed by atoms with Crippen molar-refractivity contribution in [2.45, 2.75) is 233 Å². The SMILES string of the molecule is CCCCCCCCCCOc1ccc([N+]2=Cc3ccc(OC(C)CCCCCC)cc3C23c2cc(OC(C)CCCCCC)ccc2C=[N+]3c2ccc(CCCCCCCCCC)cc2)cc1. The van der Waals surface area contributed by atoms with Crippen LogP contribution in [0.5, 0.6) is 17.2 Å². The molecule has 5 heteroatoms. The molecule has 0 saturated heterocycles. The molecular formula is C63H92N2O3+2. The van der Waals surface area contributed by atoms with E-state index in [1.54, 1.807) is 0 Å². The topological polar surface area (TPSA) is 33.7 Å². The fourth-order valence-corrected chi connectivity index (χ4v) is 10.5. The van der Waals surface area contributed by atoms with Gasteiger partial charge in [-0.3, -0.25) is 0 Å². The zero-order valence-electron chi connectivity index (χ0n) is 43.8. The summed E-state index contributed by atoms with van der Waals surface area (Å²) >= 11 is 0. The molecule has 6 rings (SSSR count). The Morgan fingerprint density at radius 2 is 0.794 bits per heavy atom. The highest BCUT2D eigenvalue weighted by atomic mass is 16.5. The molecule has 0 amide bonds. The molecule has 0 radical (unpaired) electrons. The van der Waals surface area contributed by atoms with E-state index in [1.807, 2.05) is 0 Å². The fraction of sp³-hybridized carbons (Fsp3) is 0.587. The van der Waals surface area contributed by atoms with Crippen LogP contribution in [-0.2, 0) is 12.1 Å². The molecule has 4 aromatic carbocycles. The summed E-state index contributed by atoms with van der Waals surface area (Å²) in [5.74, 6) is 2.78. The highest BCUT2D eigenvalue weighted by Gasteiger charge is 2.66. The lowest BCUT2D eigenvalue weighted by molar-refractivity contribution is -0.752. The molecule has 0 fully saturated rings. The van der Waals surface area contributed by atoms with E-state index in [4.69, 9.17) is 14.2 Å². The molecule has 0 saturated carbocycles. The van der Waals surface area contributed by atoms with E-state index in [1.165, 1.54) is 181 Å². The molecule has 68 heavy (non-hydrogen) atoms. The van der Waals surface area contributed by atoms with Crippen LogP contribution in [0.2, 0.25) is 0 Å². The molecule has 370 valence electrons. The third kappa shape index (κ3) is 15.1. The normalized spacial score (nSPS) is 15.8. The molecule has 2 heterocycles. The first-order chi connectivity index (χ1) is 33.4. The molecule has 2 aliphatic heterocycles. The lowest BCUT2D eigenvalue weighted by Crippen LogP contribution is -2.42. The maximum absolute atomic E-state index is 6.82. The Morgan fingerprint density at radius 1 is 0.412 bits per heavy atom. The van der Waals surface area contributed by atoms with Crippen LogP contribution in [0.15, 0.2) is 84.9 Å². The summed E-state index contributed by atoms with van der Waals surface area (Å²) in [6.07, 6.45) is 39.2. The smallest absolute Gasteiger partial charge is 0.417 e. The summed E-state index contributed by atoms with van der Waals surface area (Å²) in [4.78, 5) is 0. The Kier molecular flexibility index (Phi) is 22.6. The molecule has 0 aliphatic carbocycles. The minimum absolute atomic E-state index is 0.131. The van der Waals surface area contributed by atoms with E-state index >= 15 is 0 Å². The predicted octanol–water partition coefficient (Wildman–Crippen LogP) is 18.1. The second-order valence-electron chi connectivity index (χ2n) is 20.4. The summed E-state index contributed by atoms with van der Waals surface area (Å²) in [5, 5.41) is 0. The number of rotatable bonds is 35. The van der Waals surface area contributed by atoms with Crippen LogP contribution >= 0.6 is 0 Å². The van der Waals surface area contributed by atoms with Crippen LogP contribution in [-0.4, -0.2) is 40.4 Å². The third-order valence-corrected chi connectivity index (χ3v) is 14.6. The first-order valence-corrected chi connectivity index (χ1v) is 28.1. The monoisotopic (exact) mass is 925 g/mol. The van der Waals surface area contributed by atoms with Crippen molar-refractivity contribution in [1.82, 2.24) is 0 Å². The summed E-state index contributed by atoms with van der Waals surface area (Å²) in [5.41, 5.74) is 7.77. The van der Waals surface area contributed by atoms with Gasteiger partial charge in [0.05, 0.1) is 29.9 Å². The molecule has 2 aliphatic rings. The van der Waals surface area contributed by atoms with Crippen LogP contribution in [0, 0.1) is 0 Å². The van der Waals surface area contributed by atoms with Crippen LogP contribution in [0.4, 0.5) is 11.4 Å². The first-order valence-electron chi connectivity index (χ1n) is 28.1. The molecule has 4 aromatic rings. The quantitative estimate of drug-likeness (QED) is 0.0341. The zero-order valence-corrected chi connectivity index (χ0v) is 43.8. The van der Waals surface area contributed by atoms with E-state index in [0.717, 1.165) is 55.2 Å². The lowest BCUT2D eigenvalue weighted by Gasteiger charge is -2.24. The summed E-state index contributed by atoms with van der Waals surface area (Å²) in [6, 6.07) is 31.9. The van der Waals surface area contributed by atoms with Gasteiger partial charge in [0, 0.05) is 24.3 Å². The van der Waals surface area contributed by atoms with E-state index < -0.39 is 5.66 Å². The number of benzene rings is 4. The minimum atomic E-state index is -0.739. The van der Waals surface area contributed by atoms with Gasteiger partial charge in [-0.05, 0) is 113 Å². The average Bonchev–Trinajstić information content (AvgIpc) is 3.87. The van der Waals surface area contributed by atoms with Gasteiger partial charge < -0.3 is 14.2 Å². The van der Waals surface area contributed by atoms with Crippen LogP contribution in [0.1, 0.15) is 236 Å². The van der Waals surface area contributed by atoms with E-state index in [0.29, 0.717) is 0 Å². The van der Waals surface area contributed by atoms with Gasteiger partial charge in [-0.15, -0.1) is 9.15 Å². The van der Waals surface area contributed by atoms with Crippen molar-refractivity contribution in [2.24, 2.45) is 0 Å². The Balaban J connectivity index is 1.33. The van der Waals surface area contributed by atoms with Gasteiger partial charge in [0.15, 0.2) is 12.4 Å². The van der Waals surface area contributed by atoms with Crippen molar-refractivity contribution >= 4 is 23.8 Å². The van der Waals surface area contributed by atoms with Gasteiger partial charge in [0.1, 0.15) is 28.4 Å². The first kappa shape index (κ1) is 53.0.